The number of carbonyl (C=O) groups excluding carboxylic acids is 1. The number of amidine groups is 1. The predicted octanol–water partition coefficient (Wildman–Crippen LogP) is 5.60. The van der Waals surface area contributed by atoms with E-state index in [1.54, 1.807) is 18.5 Å². The molecule has 43 heavy (non-hydrogen) atoms. The third-order valence-electron chi connectivity index (χ3n) is 7.18. The van der Waals surface area contributed by atoms with Crippen molar-refractivity contribution in [1.82, 2.24) is 15.2 Å². The normalized spacial score (nSPS) is 21.2. The minimum Gasteiger partial charge on any atom is -0.479 e. The lowest BCUT2D eigenvalue weighted by molar-refractivity contribution is -0.199. The number of carboxylic acid groups (broad SMARTS) is 1. The minimum atomic E-state index is -3.36. The molecular weight excluding hydrogens is 609 g/mol. The predicted molar refractivity (Wildman–Crippen MR) is 156 cm³/mol. The van der Waals surface area contributed by atoms with Gasteiger partial charge in [0.05, 0.1) is 18.7 Å². The summed E-state index contributed by atoms with van der Waals surface area (Å²) in [6, 6.07) is 2.70. The highest BCUT2D eigenvalue weighted by atomic mass is 35.5. The van der Waals surface area contributed by atoms with E-state index in [4.69, 9.17) is 21.1 Å². The lowest BCUT2D eigenvalue weighted by atomic mass is 9.94. The number of benzene rings is 1. The first-order chi connectivity index (χ1) is 20.5. The zero-order valence-corrected chi connectivity index (χ0v) is 25.4. The number of likely N-dealkylation sites (tertiary alicyclic amines) is 1. The molecule has 1 aromatic carbocycles. The molecule has 1 saturated heterocycles. The van der Waals surface area contributed by atoms with Crippen LogP contribution < -0.4 is 5.32 Å². The third kappa shape index (κ3) is 8.14. The molecule has 0 saturated carbocycles. The van der Waals surface area contributed by atoms with Gasteiger partial charge in [-0.2, -0.15) is 0 Å². The maximum Gasteiger partial charge on any atom is 0.338 e. The second kappa shape index (κ2) is 14.7. The van der Waals surface area contributed by atoms with Crippen molar-refractivity contribution in [3.8, 4) is 0 Å². The fourth-order valence-corrected chi connectivity index (χ4v) is 5.97. The molecule has 4 rings (SSSR count). The Morgan fingerprint density at radius 2 is 2.09 bits per heavy atom. The van der Waals surface area contributed by atoms with E-state index in [1.165, 1.54) is 28.4 Å². The summed E-state index contributed by atoms with van der Waals surface area (Å²) < 4.78 is 55.5. The standard InChI is InChI=1S/C29H34ClF3N4O5S/c1-3-5-6-7-21(27(38)39)42-22-10-12-37(16-29(22,32)33)15-20-23(28(40)41-4-2)24(18-9-8-17(31)14-19(18)30)36-25(35-20)26-34-11-13-43-26/h8-9,11,13-14,21-22,24H,3-7,10,12,15-16H2,1-2H3,(H,35,36)(H,38,39). The van der Waals surface area contributed by atoms with E-state index in [-0.39, 0.29) is 48.8 Å². The second-order valence-electron chi connectivity index (χ2n) is 10.3. The topological polar surface area (TPSA) is 113 Å². The van der Waals surface area contributed by atoms with Crippen LogP contribution in [0.1, 0.15) is 62.6 Å². The lowest BCUT2D eigenvalue weighted by Crippen LogP contribution is -2.55. The van der Waals surface area contributed by atoms with Gasteiger partial charge in [0.2, 0.25) is 0 Å². The lowest BCUT2D eigenvalue weighted by Gasteiger charge is -2.40. The number of halogens is 4. The van der Waals surface area contributed by atoms with Crippen molar-refractivity contribution in [2.45, 2.75) is 70.1 Å². The Balaban J connectivity index is 1.63. The highest BCUT2D eigenvalue weighted by Crippen LogP contribution is 2.38. The maximum absolute atomic E-state index is 15.4. The number of thiazole rings is 1. The van der Waals surface area contributed by atoms with Crippen LogP contribution in [-0.4, -0.2) is 77.1 Å². The van der Waals surface area contributed by atoms with Crippen LogP contribution in [0.5, 0.6) is 0 Å². The average Bonchev–Trinajstić information content (AvgIpc) is 3.48. The Hall–Kier alpha value is -3.00. The SMILES string of the molecule is CCCCCC(OC1CCN(CC2=C(C(=O)OCC)C(c3ccc(F)cc3Cl)N=C(c3nccs3)N2)CC1(F)F)C(=O)O. The fourth-order valence-electron chi connectivity index (χ4n) is 5.11. The van der Waals surface area contributed by atoms with Gasteiger partial charge >= 0.3 is 11.9 Å². The molecule has 2 N–H and O–H groups in total. The Labute approximate surface area is 256 Å². The van der Waals surface area contributed by atoms with Gasteiger partial charge in [0, 0.05) is 40.9 Å². The molecule has 2 aliphatic rings. The summed E-state index contributed by atoms with van der Waals surface area (Å²) in [6.45, 7) is 2.95. The van der Waals surface area contributed by atoms with E-state index in [2.05, 4.69) is 15.3 Å². The molecule has 1 fully saturated rings. The summed E-state index contributed by atoms with van der Waals surface area (Å²) in [7, 11) is 0. The fraction of sp³-hybridized carbons (Fsp3) is 0.517. The molecule has 14 heteroatoms. The van der Waals surface area contributed by atoms with E-state index < -0.39 is 48.5 Å². The van der Waals surface area contributed by atoms with Crippen molar-refractivity contribution >= 4 is 40.7 Å². The van der Waals surface area contributed by atoms with Crippen LogP contribution >= 0.6 is 22.9 Å². The highest BCUT2D eigenvalue weighted by Gasteiger charge is 2.47. The number of rotatable bonds is 13. The van der Waals surface area contributed by atoms with E-state index >= 15 is 8.78 Å². The first-order valence-corrected chi connectivity index (χ1v) is 15.4. The number of aromatic nitrogens is 1. The Morgan fingerprint density at radius 1 is 1.30 bits per heavy atom. The van der Waals surface area contributed by atoms with Gasteiger partial charge in [-0.1, -0.05) is 43.9 Å². The molecule has 0 radical (unpaired) electrons. The van der Waals surface area contributed by atoms with E-state index in [0.29, 0.717) is 22.8 Å². The smallest absolute Gasteiger partial charge is 0.338 e. The molecule has 0 bridgehead atoms. The molecule has 0 amide bonds. The molecule has 3 heterocycles. The number of carboxylic acids is 1. The molecule has 234 valence electrons. The molecule has 3 atom stereocenters. The van der Waals surface area contributed by atoms with Crippen LogP contribution in [0.25, 0.3) is 0 Å². The van der Waals surface area contributed by atoms with Crippen molar-refractivity contribution in [3.63, 3.8) is 0 Å². The first-order valence-electron chi connectivity index (χ1n) is 14.1. The molecular formula is C29H34ClF3N4O5S. The van der Waals surface area contributed by atoms with Gasteiger partial charge in [0.25, 0.3) is 5.92 Å². The van der Waals surface area contributed by atoms with Gasteiger partial charge in [0.1, 0.15) is 18.0 Å². The highest BCUT2D eigenvalue weighted by molar-refractivity contribution is 7.11. The number of ether oxygens (including phenoxy) is 2. The van der Waals surface area contributed by atoms with E-state index in [1.807, 2.05) is 6.92 Å². The number of aliphatic imine (C=N–C) groups is 1. The van der Waals surface area contributed by atoms with Crippen molar-refractivity contribution in [2.24, 2.45) is 4.99 Å². The summed E-state index contributed by atoms with van der Waals surface area (Å²) in [6.07, 6.45) is 0.944. The second-order valence-corrected chi connectivity index (χ2v) is 11.6. The molecule has 3 unspecified atom stereocenters. The quantitative estimate of drug-likeness (QED) is 0.214. The largest absolute Gasteiger partial charge is 0.479 e. The van der Waals surface area contributed by atoms with Gasteiger partial charge in [-0.15, -0.1) is 11.3 Å². The third-order valence-corrected chi connectivity index (χ3v) is 8.29. The van der Waals surface area contributed by atoms with Gasteiger partial charge in [0.15, 0.2) is 16.9 Å². The van der Waals surface area contributed by atoms with Crippen molar-refractivity contribution in [3.05, 3.63) is 62.5 Å². The number of hydrogen-bond donors (Lipinski definition) is 2. The van der Waals surface area contributed by atoms with Crippen molar-refractivity contribution in [1.29, 1.82) is 0 Å². The average molecular weight is 643 g/mol. The van der Waals surface area contributed by atoms with Gasteiger partial charge in [-0.3, -0.25) is 9.89 Å². The van der Waals surface area contributed by atoms with Gasteiger partial charge in [-0.05, 0) is 31.9 Å². The zero-order valence-electron chi connectivity index (χ0n) is 23.8. The summed E-state index contributed by atoms with van der Waals surface area (Å²) in [5.41, 5.74) is 0.654. The Bertz CT molecular complexity index is 1360. The van der Waals surface area contributed by atoms with E-state index in [0.717, 1.165) is 18.9 Å². The number of esters is 1. The number of alkyl halides is 2. The van der Waals surface area contributed by atoms with Crippen LogP contribution in [0.2, 0.25) is 5.02 Å². The number of piperidine rings is 1. The van der Waals surface area contributed by atoms with Gasteiger partial charge < -0.3 is 19.9 Å². The monoisotopic (exact) mass is 642 g/mol. The Kier molecular flexibility index (Phi) is 11.2. The van der Waals surface area contributed by atoms with Crippen LogP contribution in [0.4, 0.5) is 13.2 Å². The summed E-state index contributed by atoms with van der Waals surface area (Å²) in [4.78, 5) is 35.4. The molecule has 1 aromatic heterocycles. The van der Waals surface area contributed by atoms with Crippen LogP contribution in [-0.2, 0) is 19.1 Å². The molecule has 0 spiro atoms. The van der Waals surface area contributed by atoms with E-state index in [9.17, 15) is 19.1 Å². The Morgan fingerprint density at radius 3 is 2.72 bits per heavy atom. The zero-order chi connectivity index (χ0) is 31.1. The molecule has 0 aliphatic carbocycles. The van der Waals surface area contributed by atoms with Crippen molar-refractivity contribution in [2.75, 3.05) is 26.2 Å². The maximum atomic E-state index is 15.4. The minimum absolute atomic E-state index is 0.0340. The van der Waals surface area contributed by atoms with Gasteiger partial charge in [-0.25, -0.2) is 27.7 Å². The number of nitrogens with zero attached hydrogens (tertiary/aromatic N) is 3. The van der Waals surface area contributed by atoms with Crippen LogP contribution in [0, 0.1) is 5.82 Å². The molecule has 2 aromatic rings. The van der Waals surface area contributed by atoms with Crippen LogP contribution in [0.3, 0.4) is 0 Å². The number of hydrogen-bond acceptors (Lipinski definition) is 9. The number of nitrogens with one attached hydrogen (secondary N) is 1. The summed E-state index contributed by atoms with van der Waals surface area (Å²) in [5.74, 6) is -5.62. The molecule has 9 nitrogen and oxygen atoms in total. The number of unbranched alkanes of at least 4 members (excludes halogenated alkanes) is 2. The summed E-state index contributed by atoms with van der Waals surface area (Å²) in [5, 5.41) is 14.9. The molecule has 2 aliphatic heterocycles. The number of aliphatic carboxylic acids is 1. The van der Waals surface area contributed by atoms with Crippen molar-refractivity contribution < 1.29 is 37.3 Å². The first kappa shape index (κ1) is 32.9. The summed E-state index contributed by atoms with van der Waals surface area (Å²) >= 11 is 7.68. The van der Waals surface area contributed by atoms with Crippen LogP contribution in [0.15, 0.2) is 46.0 Å². The number of carbonyl (C=O) groups is 2.